The highest BCUT2D eigenvalue weighted by Gasteiger charge is 2.11. The Morgan fingerprint density at radius 2 is 2.00 bits per heavy atom. The number of hydrogen-bond donors (Lipinski definition) is 0. The van der Waals surface area contributed by atoms with Crippen LogP contribution in [0.3, 0.4) is 0 Å². The molecule has 108 valence electrons. The summed E-state index contributed by atoms with van der Waals surface area (Å²) in [7, 11) is 0. The van der Waals surface area contributed by atoms with E-state index in [1.54, 1.807) is 11.3 Å². The number of thiophene rings is 1. The molecule has 0 saturated heterocycles. The third kappa shape index (κ3) is 2.17. The highest BCUT2D eigenvalue weighted by Crippen LogP contribution is 2.17. The Balaban J connectivity index is 1.87. The fraction of sp³-hybridized carbons (Fsp3) is 0.0625. The van der Waals surface area contributed by atoms with Crippen LogP contribution in [-0.2, 0) is 0 Å². The molecule has 0 spiro atoms. The number of thiazole rings is 1. The van der Waals surface area contributed by atoms with Crippen molar-refractivity contribution in [2.45, 2.75) is 6.92 Å². The lowest BCUT2D eigenvalue weighted by Crippen LogP contribution is -2.23. The van der Waals surface area contributed by atoms with Crippen molar-refractivity contribution in [1.82, 2.24) is 14.6 Å². The predicted octanol–water partition coefficient (Wildman–Crippen LogP) is 2.74. The molecule has 0 atom stereocenters. The van der Waals surface area contributed by atoms with Crippen LogP contribution in [0.5, 0.6) is 0 Å². The summed E-state index contributed by atoms with van der Waals surface area (Å²) in [5, 5.41) is 6.37. The second kappa shape index (κ2) is 5.15. The van der Waals surface area contributed by atoms with Crippen LogP contribution in [0.4, 0.5) is 0 Å². The van der Waals surface area contributed by atoms with Crippen LogP contribution in [0.15, 0.2) is 46.6 Å². The van der Waals surface area contributed by atoms with E-state index in [4.69, 9.17) is 0 Å². The van der Waals surface area contributed by atoms with E-state index < -0.39 is 0 Å². The smallest absolute Gasteiger partial charge is 0.266 e. The maximum atomic E-state index is 12.5. The van der Waals surface area contributed by atoms with Gasteiger partial charge in [-0.05, 0) is 30.0 Å². The second-order valence-electron chi connectivity index (χ2n) is 4.88. The lowest BCUT2D eigenvalue weighted by molar-refractivity contribution is 0.937. The van der Waals surface area contributed by atoms with Crippen LogP contribution < -0.4 is 10.1 Å². The number of aromatic nitrogens is 3. The first-order chi connectivity index (χ1) is 10.7. The highest BCUT2D eigenvalue weighted by atomic mass is 32.1. The van der Waals surface area contributed by atoms with Crippen molar-refractivity contribution in [2.75, 3.05) is 0 Å². The van der Waals surface area contributed by atoms with Gasteiger partial charge in [0, 0.05) is 10.4 Å². The van der Waals surface area contributed by atoms with Crippen molar-refractivity contribution < 1.29 is 0 Å². The van der Waals surface area contributed by atoms with Gasteiger partial charge in [0.25, 0.3) is 5.56 Å². The number of benzene rings is 1. The van der Waals surface area contributed by atoms with Crippen molar-refractivity contribution in [1.29, 1.82) is 0 Å². The normalized spacial score (nSPS) is 12.3. The number of aryl methyl sites for hydroxylation is 1. The van der Waals surface area contributed by atoms with E-state index >= 15 is 0 Å². The topological polar surface area (TPSA) is 47.3 Å². The third-order valence-corrected chi connectivity index (χ3v) is 5.30. The predicted molar refractivity (Wildman–Crippen MR) is 90.4 cm³/mol. The molecular formula is C16H11N3OS2. The first-order valence-electron chi connectivity index (χ1n) is 6.73. The Labute approximate surface area is 134 Å². The van der Waals surface area contributed by atoms with Gasteiger partial charge in [0.2, 0.25) is 4.96 Å². The Morgan fingerprint density at radius 3 is 2.68 bits per heavy atom. The Kier molecular flexibility index (Phi) is 3.13. The highest BCUT2D eigenvalue weighted by molar-refractivity contribution is 7.15. The van der Waals surface area contributed by atoms with Crippen LogP contribution in [0.25, 0.3) is 22.4 Å². The molecule has 4 aromatic rings. The van der Waals surface area contributed by atoms with Crippen molar-refractivity contribution in [3.8, 4) is 11.4 Å². The van der Waals surface area contributed by atoms with Crippen LogP contribution >= 0.6 is 22.7 Å². The zero-order valence-corrected chi connectivity index (χ0v) is 13.3. The van der Waals surface area contributed by atoms with Crippen LogP contribution in [-0.4, -0.2) is 14.6 Å². The van der Waals surface area contributed by atoms with Gasteiger partial charge in [-0.3, -0.25) is 4.79 Å². The minimum absolute atomic E-state index is 0.109. The van der Waals surface area contributed by atoms with Gasteiger partial charge in [-0.1, -0.05) is 41.7 Å². The summed E-state index contributed by atoms with van der Waals surface area (Å²) in [5.74, 6) is 0.586. The first kappa shape index (κ1) is 13.4. The van der Waals surface area contributed by atoms with Crippen molar-refractivity contribution in [2.24, 2.45) is 0 Å². The molecule has 4 rings (SSSR count). The second-order valence-corrected chi connectivity index (χ2v) is 6.84. The summed E-state index contributed by atoms with van der Waals surface area (Å²) in [5.41, 5.74) is 1.98. The summed E-state index contributed by atoms with van der Waals surface area (Å²) in [4.78, 5) is 18.7. The van der Waals surface area contributed by atoms with Gasteiger partial charge in [-0.2, -0.15) is 9.50 Å². The molecule has 3 aromatic heterocycles. The Morgan fingerprint density at radius 1 is 1.18 bits per heavy atom. The molecule has 0 aliphatic rings. The van der Waals surface area contributed by atoms with Gasteiger partial charge < -0.3 is 0 Å². The molecule has 0 aliphatic carbocycles. The van der Waals surface area contributed by atoms with Crippen molar-refractivity contribution in [3.63, 3.8) is 0 Å². The molecule has 3 heterocycles. The van der Waals surface area contributed by atoms with Crippen LogP contribution in [0.2, 0.25) is 0 Å². The summed E-state index contributed by atoms with van der Waals surface area (Å²) in [6.45, 7) is 2.04. The molecule has 0 N–H and O–H groups in total. The molecule has 22 heavy (non-hydrogen) atoms. The lowest BCUT2D eigenvalue weighted by Gasteiger charge is -1.91. The van der Waals surface area contributed by atoms with E-state index in [1.165, 1.54) is 21.4 Å². The average molecular weight is 325 g/mol. The minimum Gasteiger partial charge on any atom is -0.266 e. The van der Waals surface area contributed by atoms with Gasteiger partial charge >= 0.3 is 0 Å². The number of rotatable bonds is 2. The maximum Gasteiger partial charge on any atom is 0.291 e. The van der Waals surface area contributed by atoms with Gasteiger partial charge in [0.15, 0.2) is 5.82 Å². The van der Waals surface area contributed by atoms with Crippen LogP contribution in [0.1, 0.15) is 10.4 Å². The molecule has 0 amide bonds. The first-order valence-corrected chi connectivity index (χ1v) is 8.43. The fourth-order valence-corrected chi connectivity index (χ4v) is 4.02. The molecule has 1 aromatic carbocycles. The summed E-state index contributed by atoms with van der Waals surface area (Å²) in [6.07, 6.45) is 1.92. The molecule has 0 fully saturated rings. The van der Waals surface area contributed by atoms with Gasteiger partial charge in [-0.15, -0.1) is 16.4 Å². The SMILES string of the molecule is Cc1ccsc1C=c1sc2nc(-c3ccccc3)nn2c1=O. The van der Waals surface area contributed by atoms with Crippen molar-refractivity contribution in [3.05, 3.63) is 67.1 Å². The summed E-state index contributed by atoms with van der Waals surface area (Å²) < 4.78 is 2.06. The lowest BCUT2D eigenvalue weighted by atomic mass is 10.2. The van der Waals surface area contributed by atoms with Gasteiger partial charge in [0.05, 0.1) is 4.53 Å². The molecule has 6 heteroatoms. The largest absolute Gasteiger partial charge is 0.291 e. The van der Waals surface area contributed by atoms with E-state index in [1.807, 2.05) is 54.8 Å². The fourth-order valence-electron chi connectivity index (χ4n) is 2.19. The zero-order valence-electron chi connectivity index (χ0n) is 11.7. The summed E-state index contributed by atoms with van der Waals surface area (Å²) >= 11 is 3.00. The Hall–Kier alpha value is -2.31. The number of fused-ring (bicyclic) bond motifs is 1. The molecule has 0 radical (unpaired) electrons. The van der Waals surface area contributed by atoms with Gasteiger partial charge in [-0.25, -0.2) is 0 Å². The minimum atomic E-state index is -0.109. The standard InChI is InChI=1S/C16H11N3OS2/c1-10-7-8-21-12(10)9-13-15(20)19-16(22-13)17-14(18-19)11-5-3-2-4-6-11/h2-9H,1H3. The van der Waals surface area contributed by atoms with Crippen molar-refractivity contribution >= 4 is 33.7 Å². The molecule has 4 nitrogen and oxygen atoms in total. The molecule has 0 aliphatic heterocycles. The van der Waals surface area contributed by atoms with E-state index in [-0.39, 0.29) is 5.56 Å². The van der Waals surface area contributed by atoms with Gasteiger partial charge in [0.1, 0.15) is 0 Å². The quantitative estimate of drug-likeness (QED) is 0.569. The summed E-state index contributed by atoms with van der Waals surface area (Å²) in [6, 6.07) is 11.7. The van der Waals surface area contributed by atoms with E-state index in [9.17, 15) is 4.79 Å². The molecule has 0 unspecified atom stereocenters. The Bertz CT molecular complexity index is 1060. The molecular weight excluding hydrogens is 314 g/mol. The molecule has 0 bridgehead atoms. The van der Waals surface area contributed by atoms with E-state index in [2.05, 4.69) is 10.1 Å². The maximum absolute atomic E-state index is 12.5. The average Bonchev–Trinajstić information content (AvgIpc) is 3.20. The van der Waals surface area contributed by atoms with Crippen LogP contribution in [0, 0.1) is 6.92 Å². The van der Waals surface area contributed by atoms with E-state index in [0.29, 0.717) is 15.3 Å². The number of nitrogens with zero attached hydrogens (tertiary/aromatic N) is 3. The number of hydrogen-bond acceptors (Lipinski definition) is 5. The molecule has 0 saturated carbocycles. The zero-order chi connectivity index (χ0) is 15.1. The monoisotopic (exact) mass is 325 g/mol. The third-order valence-electron chi connectivity index (χ3n) is 3.38. The van der Waals surface area contributed by atoms with E-state index in [0.717, 1.165) is 10.4 Å².